The zero-order chi connectivity index (χ0) is 21.6. The number of anilines is 1. The van der Waals surface area contributed by atoms with Crippen LogP contribution >= 0.6 is 11.8 Å². The fraction of sp³-hybridized carbons (Fsp3) is 0.318. The molecule has 0 unspecified atom stereocenters. The maximum absolute atomic E-state index is 12.4. The Morgan fingerprint density at radius 1 is 1.10 bits per heavy atom. The summed E-state index contributed by atoms with van der Waals surface area (Å²) in [5.41, 5.74) is 1.83. The standard InChI is InChI=1S/C22H23N5O3S/c28-19(13-18-21(30)26-22(31-18)27-11-3-4-12-27)25-16-8-6-15(7-9-16)20(29)24-14-17-5-1-2-10-23-17/h1-2,5-10,18H,3-4,11-14H2,(H,24,29)(H,25,28)/t18-/m1/s1. The van der Waals surface area contributed by atoms with Crippen LogP contribution < -0.4 is 10.6 Å². The molecule has 0 aliphatic carbocycles. The number of amides is 3. The van der Waals surface area contributed by atoms with Gasteiger partial charge in [-0.15, -0.1) is 0 Å². The summed E-state index contributed by atoms with van der Waals surface area (Å²) in [4.78, 5) is 47.2. The monoisotopic (exact) mass is 437 g/mol. The van der Waals surface area contributed by atoms with Crippen molar-refractivity contribution < 1.29 is 14.4 Å². The third kappa shape index (κ3) is 5.49. The minimum Gasteiger partial charge on any atom is -0.351 e. The fourth-order valence-corrected chi connectivity index (χ4v) is 4.53. The zero-order valence-electron chi connectivity index (χ0n) is 16.9. The van der Waals surface area contributed by atoms with Gasteiger partial charge in [-0.25, -0.2) is 0 Å². The maximum atomic E-state index is 12.4. The molecule has 0 spiro atoms. The number of carbonyl (C=O) groups excluding carboxylic acids is 3. The van der Waals surface area contributed by atoms with E-state index in [2.05, 4.69) is 25.5 Å². The summed E-state index contributed by atoms with van der Waals surface area (Å²) in [7, 11) is 0. The molecule has 3 heterocycles. The number of rotatable bonds is 6. The molecule has 3 amide bonds. The quantitative estimate of drug-likeness (QED) is 0.719. The second-order valence-electron chi connectivity index (χ2n) is 7.37. The van der Waals surface area contributed by atoms with Gasteiger partial charge in [0, 0.05) is 37.0 Å². The van der Waals surface area contributed by atoms with Crippen molar-refractivity contribution in [2.75, 3.05) is 18.4 Å². The number of hydrogen-bond acceptors (Lipinski definition) is 6. The van der Waals surface area contributed by atoms with Gasteiger partial charge in [0.2, 0.25) is 5.91 Å². The molecule has 31 heavy (non-hydrogen) atoms. The first kappa shape index (κ1) is 21.0. The molecule has 2 aromatic rings. The van der Waals surface area contributed by atoms with E-state index >= 15 is 0 Å². The Kier molecular flexibility index (Phi) is 6.61. The molecule has 160 valence electrons. The predicted molar refractivity (Wildman–Crippen MR) is 120 cm³/mol. The number of nitrogens with zero attached hydrogens (tertiary/aromatic N) is 3. The molecule has 1 aromatic carbocycles. The third-order valence-corrected chi connectivity index (χ3v) is 6.28. The van der Waals surface area contributed by atoms with Crippen LogP contribution in [-0.2, 0) is 16.1 Å². The summed E-state index contributed by atoms with van der Waals surface area (Å²) in [6, 6.07) is 12.2. The van der Waals surface area contributed by atoms with Crippen molar-refractivity contribution in [3.05, 3.63) is 59.9 Å². The molecule has 1 aromatic heterocycles. The van der Waals surface area contributed by atoms with Crippen LogP contribution in [0.25, 0.3) is 0 Å². The van der Waals surface area contributed by atoms with E-state index in [0.717, 1.165) is 36.8 Å². The van der Waals surface area contributed by atoms with Gasteiger partial charge < -0.3 is 15.5 Å². The van der Waals surface area contributed by atoms with Crippen molar-refractivity contribution in [1.82, 2.24) is 15.2 Å². The molecule has 2 aliphatic heterocycles. The number of thioether (sulfide) groups is 1. The number of amidine groups is 1. The molecule has 9 heteroatoms. The molecule has 0 bridgehead atoms. The Morgan fingerprint density at radius 3 is 2.58 bits per heavy atom. The first-order valence-electron chi connectivity index (χ1n) is 10.2. The molecular formula is C22H23N5O3S. The lowest BCUT2D eigenvalue weighted by molar-refractivity contribution is -0.121. The van der Waals surface area contributed by atoms with Crippen LogP contribution in [0.4, 0.5) is 5.69 Å². The Balaban J connectivity index is 1.25. The molecule has 1 saturated heterocycles. The average molecular weight is 438 g/mol. The highest BCUT2D eigenvalue weighted by atomic mass is 32.2. The van der Waals surface area contributed by atoms with E-state index in [0.29, 0.717) is 17.8 Å². The fourth-order valence-electron chi connectivity index (χ4n) is 3.41. The summed E-state index contributed by atoms with van der Waals surface area (Å²) in [6.07, 6.45) is 3.96. The number of benzene rings is 1. The number of aliphatic imine (C=N–C) groups is 1. The molecular weight excluding hydrogens is 414 g/mol. The second-order valence-corrected chi connectivity index (χ2v) is 8.54. The zero-order valence-corrected chi connectivity index (χ0v) is 17.7. The van der Waals surface area contributed by atoms with Gasteiger partial charge in [-0.1, -0.05) is 17.8 Å². The van der Waals surface area contributed by atoms with Gasteiger partial charge in [-0.2, -0.15) is 4.99 Å². The lowest BCUT2D eigenvalue weighted by Gasteiger charge is -2.16. The van der Waals surface area contributed by atoms with Crippen molar-refractivity contribution in [1.29, 1.82) is 0 Å². The van der Waals surface area contributed by atoms with E-state index in [4.69, 9.17) is 0 Å². The van der Waals surface area contributed by atoms with Crippen molar-refractivity contribution in [2.45, 2.75) is 31.1 Å². The van der Waals surface area contributed by atoms with Crippen LogP contribution in [0.3, 0.4) is 0 Å². The van der Waals surface area contributed by atoms with Crippen LogP contribution in [0.5, 0.6) is 0 Å². The summed E-state index contributed by atoms with van der Waals surface area (Å²) < 4.78 is 0. The summed E-state index contributed by atoms with van der Waals surface area (Å²) >= 11 is 1.37. The highest BCUT2D eigenvalue weighted by Gasteiger charge is 2.33. The van der Waals surface area contributed by atoms with Gasteiger partial charge in [0.1, 0.15) is 5.25 Å². The van der Waals surface area contributed by atoms with E-state index in [1.165, 1.54) is 11.8 Å². The van der Waals surface area contributed by atoms with Gasteiger partial charge >= 0.3 is 0 Å². The lowest BCUT2D eigenvalue weighted by atomic mass is 10.2. The van der Waals surface area contributed by atoms with E-state index < -0.39 is 5.25 Å². The third-order valence-electron chi connectivity index (χ3n) is 5.06. The largest absolute Gasteiger partial charge is 0.351 e. The molecule has 0 saturated carbocycles. The van der Waals surface area contributed by atoms with Gasteiger partial charge in [-0.05, 0) is 49.2 Å². The van der Waals surface area contributed by atoms with Gasteiger partial charge in [-0.3, -0.25) is 19.4 Å². The first-order valence-corrected chi connectivity index (χ1v) is 11.1. The van der Waals surface area contributed by atoms with Crippen molar-refractivity contribution >= 4 is 40.3 Å². The predicted octanol–water partition coefficient (Wildman–Crippen LogP) is 2.43. The number of carbonyl (C=O) groups is 3. The molecule has 2 aliphatic rings. The van der Waals surface area contributed by atoms with E-state index in [1.54, 1.807) is 30.5 Å². The van der Waals surface area contributed by atoms with E-state index in [9.17, 15) is 14.4 Å². The number of likely N-dealkylation sites (tertiary alicyclic amines) is 1. The topological polar surface area (TPSA) is 104 Å². The van der Waals surface area contributed by atoms with Gasteiger partial charge in [0.25, 0.3) is 11.8 Å². The molecule has 4 rings (SSSR count). The number of nitrogens with one attached hydrogen (secondary N) is 2. The molecule has 2 N–H and O–H groups in total. The Hall–Kier alpha value is -3.20. The Labute approximate surface area is 184 Å². The van der Waals surface area contributed by atoms with Gasteiger partial charge in [0.15, 0.2) is 5.17 Å². The highest BCUT2D eigenvalue weighted by molar-refractivity contribution is 8.15. The van der Waals surface area contributed by atoms with Crippen LogP contribution in [0.1, 0.15) is 35.3 Å². The number of aromatic nitrogens is 1. The Morgan fingerprint density at radius 2 is 1.87 bits per heavy atom. The van der Waals surface area contributed by atoms with Crippen molar-refractivity contribution in [2.24, 2.45) is 4.99 Å². The smallest absolute Gasteiger partial charge is 0.262 e. The van der Waals surface area contributed by atoms with Crippen molar-refractivity contribution in [3.8, 4) is 0 Å². The second kappa shape index (κ2) is 9.74. The SMILES string of the molecule is O=C(C[C@H]1SC(N2CCCC2)=NC1=O)Nc1ccc(C(=O)NCc2ccccn2)cc1. The number of pyridine rings is 1. The normalized spacial score (nSPS) is 18.1. The molecule has 0 radical (unpaired) electrons. The minimum atomic E-state index is -0.479. The highest BCUT2D eigenvalue weighted by Crippen LogP contribution is 2.29. The van der Waals surface area contributed by atoms with E-state index in [1.807, 2.05) is 18.2 Å². The maximum Gasteiger partial charge on any atom is 0.262 e. The molecule has 8 nitrogen and oxygen atoms in total. The van der Waals surface area contributed by atoms with Crippen LogP contribution in [0, 0.1) is 0 Å². The van der Waals surface area contributed by atoms with Crippen LogP contribution in [0.15, 0.2) is 53.7 Å². The van der Waals surface area contributed by atoms with Crippen LogP contribution in [-0.4, -0.2) is 51.1 Å². The molecule has 1 fully saturated rings. The lowest BCUT2D eigenvalue weighted by Crippen LogP contribution is -2.25. The average Bonchev–Trinajstić information content (AvgIpc) is 3.44. The summed E-state index contributed by atoms with van der Waals surface area (Å²) in [6.45, 7) is 2.17. The minimum absolute atomic E-state index is 0.0661. The summed E-state index contributed by atoms with van der Waals surface area (Å²) in [5, 5.41) is 5.86. The Bertz CT molecular complexity index is 988. The van der Waals surface area contributed by atoms with Crippen molar-refractivity contribution in [3.63, 3.8) is 0 Å². The van der Waals surface area contributed by atoms with Crippen LogP contribution in [0.2, 0.25) is 0 Å². The van der Waals surface area contributed by atoms with Gasteiger partial charge in [0.05, 0.1) is 12.2 Å². The number of hydrogen-bond donors (Lipinski definition) is 2. The first-order chi connectivity index (χ1) is 15.1. The molecule has 1 atom stereocenters. The summed E-state index contributed by atoms with van der Waals surface area (Å²) in [5.74, 6) is -0.721. The van der Waals surface area contributed by atoms with E-state index in [-0.39, 0.29) is 24.1 Å².